The van der Waals surface area contributed by atoms with E-state index in [0.717, 1.165) is 42.8 Å². The van der Waals surface area contributed by atoms with Gasteiger partial charge in [0.15, 0.2) is 0 Å². The van der Waals surface area contributed by atoms with Crippen molar-refractivity contribution in [2.75, 3.05) is 13.2 Å². The van der Waals surface area contributed by atoms with E-state index in [1.807, 2.05) is 0 Å². The van der Waals surface area contributed by atoms with Crippen LogP contribution in [0, 0.1) is 35.0 Å². The topological polar surface area (TPSA) is 18.5 Å². The van der Waals surface area contributed by atoms with Gasteiger partial charge in [0.2, 0.25) is 0 Å². The molecule has 4 rings (SSSR count). The summed E-state index contributed by atoms with van der Waals surface area (Å²) in [4.78, 5) is 0. The summed E-state index contributed by atoms with van der Waals surface area (Å²) in [5.74, 6) is 4.35. The van der Waals surface area contributed by atoms with Gasteiger partial charge in [-0.05, 0) is 55.3 Å². The summed E-state index contributed by atoms with van der Waals surface area (Å²) in [5.41, 5.74) is 0.521. The molecule has 0 aromatic carbocycles. The highest BCUT2D eigenvalue weighted by atomic mass is 16.5. The molecular weight excluding hydrogens is 248 g/mol. The van der Waals surface area contributed by atoms with Gasteiger partial charge < -0.3 is 9.47 Å². The molecular formula is C18H30O2. The van der Waals surface area contributed by atoms with Gasteiger partial charge in [0, 0.05) is 5.41 Å². The zero-order valence-corrected chi connectivity index (χ0v) is 13.3. The molecule has 0 aromatic heterocycles. The van der Waals surface area contributed by atoms with Crippen LogP contribution in [-0.2, 0) is 9.47 Å². The first kappa shape index (κ1) is 13.6. The largest absolute Gasteiger partial charge is 0.381 e. The second-order valence-corrected chi connectivity index (χ2v) is 8.39. The van der Waals surface area contributed by atoms with Gasteiger partial charge in [0.25, 0.3) is 0 Å². The van der Waals surface area contributed by atoms with Crippen LogP contribution in [0.25, 0.3) is 0 Å². The zero-order valence-electron chi connectivity index (χ0n) is 13.3. The highest BCUT2D eigenvalue weighted by Gasteiger charge is 2.57. The molecule has 114 valence electrons. The van der Waals surface area contributed by atoms with Crippen LogP contribution >= 0.6 is 0 Å². The van der Waals surface area contributed by atoms with Crippen molar-refractivity contribution in [2.45, 2.75) is 65.1 Å². The maximum Gasteiger partial charge on any atom is 0.0638 e. The monoisotopic (exact) mass is 278 g/mol. The number of hydrogen-bond acceptors (Lipinski definition) is 2. The Morgan fingerprint density at radius 1 is 1.15 bits per heavy atom. The average Bonchev–Trinajstić information content (AvgIpc) is 2.77. The van der Waals surface area contributed by atoms with E-state index in [9.17, 15) is 0 Å². The lowest BCUT2D eigenvalue weighted by atomic mass is 9.71. The molecule has 6 unspecified atom stereocenters. The molecule has 0 aromatic rings. The Morgan fingerprint density at radius 3 is 2.55 bits per heavy atom. The second-order valence-electron chi connectivity index (χ2n) is 8.39. The fourth-order valence-electron chi connectivity index (χ4n) is 5.94. The zero-order chi connectivity index (χ0) is 13.9. The first-order valence-electron chi connectivity index (χ1n) is 8.85. The maximum atomic E-state index is 6.49. The summed E-state index contributed by atoms with van der Waals surface area (Å²) >= 11 is 0. The van der Waals surface area contributed by atoms with Crippen molar-refractivity contribution in [1.82, 2.24) is 0 Å². The van der Waals surface area contributed by atoms with Crippen molar-refractivity contribution in [3.8, 4) is 0 Å². The van der Waals surface area contributed by atoms with Gasteiger partial charge in [-0.3, -0.25) is 0 Å². The summed E-state index contributed by atoms with van der Waals surface area (Å²) in [6.07, 6.45) is 7.84. The van der Waals surface area contributed by atoms with E-state index in [-0.39, 0.29) is 0 Å². The smallest absolute Gasteiger partial charge is 0.0638 e. The predicted molar refractivity (Wildman–Crippen MR) is 79.5 cm³/mol. The van der Waals surface area contributed by atoms with Crippen LogP contribution in [-0.4, -0.2) is 25.4 Å². The van der Waals surface area contributed by atoms with Gasteiger partial charge in [0.05, 0.1) is 25.4 Å². The second kappa shape index (κ2) is 4.71. The van der Waals surface area contributed by atoms with Crippen molar-refractivity contribution in [3.63, 3.8) is 0 Å². The van der Waals surface area contributed by atoms with Crippen molar-refractivity contribution >= 4 is 0 Å². The van der Waals surface area contributed by atoms with E-state index >= 15 is 0 Å². The summed E-state index contributed by atoms with van der Waals surface area (Å²) in [6.45, 7) is 9.35. The lowest BCUT2D eigenvalue weighted by Crippen LogP contribution is -2.30. The van der Waals surface area contributed by atoms with E-state index < -0.39 is 0 Å². The summed E-state index contributed by atoms with van der Waals surface area (Å²) in [5, 5.41) is 0. The van der Waals surface area contributed by atoms with E-state index in [2.05, 4.69) is 20.8 Å². The lowest BCUT2D eigenvalue weighted by molar-refractivity contribution is 0.00365. The van der Waals surface area contributed by atoms with Gasteiger partial charge in [-0.15, -0.1) is 0 Å². The fraction of sp³-hybridized carbons (Fsp3) is 1.00. The van der Waals surface area contributed by atoms with Crippen LogP contribution in [0.1, 0.15) is 52.9 Å². The number of ether oxygens (including phenoxy) is 2. The molecule has 2 aliphatic heterocycles. The molecule has 4 fully saturated rings. The molecule has 2 saturated carbocycles. The third-order valence-corrected chi connectivity index (χ3v) is 7.17. The molecule has 2 aliphatic carbocycles. The number of rotatable bonds is 4. The van der Waals surface area contributed by atoms with Gasteiger partial charge in [-0.2, -0.15) is 0 Å². The highest BCUT2D eigenvalue weighted by molar-refractivity contribution is 5.05. The van der Waals surface area contributed by atoms with Gasteiger partial charge >= 0.3 is 0 Å². The Labute approximate surface area is 123 Å². The molecule has 0 bridgehead atoms. The highest BCUT2D eigenvalue weighted by Crippen LogP contribution is 2.58. The van der Waals surface area contributed by atoms with E-state index in [4.69, 9.17) is 9.47 Å². The van der Waals surface area contributed by atoms with Crippen LogP contribution in [0.4, 0.5) is 0 Å². The maximum absolute atomic E-state index is 6.49. The molecule has 0 spiro atoms. The quantitative estimate of drug-likeness (QED) is 0.777. The number of hydrogen-bond donors (Lipinski definition) is 0. The molecule has 0 N–H and O–H groups in total. The van der Waals surface area contributed by atoms with Crippen LogP contribution in [0.3, 0.4) is 0 Å². The number of fused-ring (bicyclic) bond motifs is 2. The molecule has 2 heteroatoms. The van der Waals surface area contributed by atoms with Crippen molar-refractivity contribution in [3.05, 3.63) is 0 Å². The van der Waals surface area contributed by atoms with Gasteiger partial charge in [0.1, 0.15) is 0 Å². The van der Waals surface area contributed by atoms with E-state index in [1.54, 1.807) is 0 Å². The molecule has 2 saturated heterocycles. The molecule has 6 atom stereocenters. The van der Waals surface area contributed by atoms with E-state index in [0.29, 0.717) is 17.6 Å². The normalized spacial score (nSPS) is 51.3. The minimum absolute atomic E-state index is 0.521. The SMILES string of the molecule is CC(CC1CC2(C(C)C)CCCC2O1)C1C2COCC21. The minimum atomic E-state index is 0.521. The third-order valence-electron chi connectivity index (χ3n) is 7.17. The van der Waals surface area contributed by atoms with Gasteiger partial charge in [-0.1, -0.05) is 27.2 Å². The molecule has 4 aliphatic rings. The Balaban J connectivity index is 1.37. The molecule has 0 radical (unpaired) electrons. The van der Waals surface area contributed by atoms with Crippen molar-refractivity contribution in [2.24, 2.45) is 35.0 Å². The minimum Gasteiger partial charge on any atom is -0.381 e. The van der Waals surface area contributed by atoms with Crippen molar-refractivity contribution < 1.29 is 9.47 Å². The Morgan fingerprint density at radius 2 is 1.90 bits per heavy atom. The van der Waals surface area contributed by atoms with Gasteiger partial charge in [-0.25, -0.2) is 0 Å². The third kappa shape index (κ3) is 1.90. The Hall–Kier alpha value is -0.0800. The van der Waals surface area contributed by atoms with Crippen molar-refractivity contribution in [1.29, 1.82) is 0 Å². The predicted octanol–water partition coefficient (Wildman–Crippen LogP) is 3.89. The summed E-state index contributed by atoms with van der Waals surface area (Å²) < 4.78 is 12.0. The average molecular weight is 278 g/mol. The first-order chi connectivity index (χ1) is 9.62. The summed E-state index contributed by atoms with van der Waals surface area (Å²) in [6, 6.07) is 0. The van der Waals surface area contributed by atoms with Crippen LogP contribution in [0.15, 0.2) is 0 Å². The summed E-state index contributed by atoms with van der Waals surface area (Å²) in [7, 11) is 0. The molecule has 2 nitrogen and oxygen atoms in total. The molecule has 2 heterocycles. The standard InChI is InChI=1S/C18H30O2/c1-11(2)18-6-4-5-16(18)20-13(8-18)7-12(3)17-14-9-19-10-15(14)17/h11-17H,4-10H2,1-3H3. The lowest BCUT2D eigenvalue weighted by Gasteiger charge is -2.32. The molecule has 20 heavy (non-hydrogen) atoms. The molecule has 0 amide bonds. The fourth-order valence-corrected chi connectivity index (χ4v) is 5.94. The first-order valence-corrected chi connectivity index (χ1v) is 8.85. The Kier molecular flexibility index (Phi) is 3.20. The van der Waals surface area contributed by atoms with Crippen LogP contribution in [0.2, 0.25) is 0 Å². The Bertz CT molecular complexity index is 370. The van der Waals surface area contributed by atoms with Crippen LogP contribution in [0.5, 0.6) is 0 Å². The van der Waals surface area contributed by atoms with Crippen LogP contribution < -0.4 is 0 Å². The van der Waals surface area contributed by atoms with E-state index in [1.165, 1.54) is 32.1 Å².